The van der Waals surface area contributed by atoms with E-state index in [0.29, 0.717) is 17.7 Å². The number of hydrogen-bond acceptors (Lipinski definition) is 10. The molecule has 0 unspecified atom stereocenters. The minimum absolute atomic E-state index is 0.00115. The van der Waals surface area contributed by atoms with E-state index in [9.17, 15) is 45.5 Å². The normalized spacial score (nSPS) is 11.9. The molecule has 0 atom stereocenters. The van der Waals surface area contributed by atoms with Gasteiger partial charge in [-0.1, -0.05) is 24.3 Å². The molecule has 0 aliphatic carbocycles. The number of fused-ring (bicyclic) bond motifs is 2. The van der Waals surface area contributed by atoms with Gasteiger partial charge in [-0.3, -0.25) is 18.7 Å². The number of alkyl halides is 6. The second-order valence-corrected chi connectivity index (χ2v) is 10.3. The van der Waals surface area contributed by atoms with Crippen LogP contribution >= 0.6 is 0 Å². The van der Waals surface area contributed by atoms with E-state index in [1.54, 1.807) is 6.92 Å². The molecule has 0 saturated heterocycles. The van der Waals surface area contributed by atoms with Crippen LogP contribution in [0, 0.1) is 0 Å². The van der Waals surface area contributed by atoms with Gasteiger partial charge in [0.25, 0.3) is 11.1 Å². The monoisotopic (exact) mass is 688 g/mol. The number of benzene rings is 2. The maximum Gasteiger partial charge on any atom is 0.416 e. The molecule has 4 aliphatic rings. The summed E-state index contributed by atoms with van der Waals surface area (Å²) in [7, 11) is 3.99. The Kier molecular flexibility index (Phi) is 8.74. The van der Waals surface area contributed by atoms with E-state index >= 15 is 0 Å². The molecule has 0 fully saturated rings. The summed E-state index contributed by atoms with van der Waals surface area (Å²) in [6.07, 6.45) is -8.89. The fourth-order valence-corrected chi connectivity index (χ4v) is 4.41. The van der Waals surface area contributed by atoms with E-state index in [1.165, 1.54) is 54.8 Å². The van der Waals surface area contributed by atoms with E-state index in [2.05, 4.69) is 30.1 Å². The SMILES string of the molecule is CCn1nc(-c2ccc(C(F)(F)F)cc2)nc2c(=O)n(C)c(=O)nc1-2.Cn1nc(-c2ccc(C(F)(F)F)cc2)nc2c(=O)n(C)c(=O)nc1-2. The molecule has 6 rings (SSSR count). The molecule has 0 amide bonds. The molecule has 0 radical (unpaired) electrons. The molecule has 4 aliphatic heterocycles. The topological polar surface area (TPSA) is 165 Å². The summed E-state index contributed by atoms with van der Waals surface area (Å²) >= 11 is 0. The van der Waals surface area contributed by atoms with Gasteiger partial charge in [-0.05, 0) is 31.2 Å². The third-order valence-corrected chi connectivity index (χ3v) is 7.10. The van der Waals surface area contributed by atoms with Gasteiger partial charge in [0.1, 0.15) is 0 Å². The van der Waals surface area contributed by atoms with Crippen molar-refractivity contribution < 1.29 is 26.3 Å². The lowest BCUT2D eigenvalue weighted by Gasteiger charge is -2.13. The van der Waals surface area contributed by atoms with Crippen LogP contribution in [0.25, 0.3) is 45.8 Å². The summed E-state index contributed by atoms with van der Waals surface area (Å²) in [5.74, 6) is 0.155. The van der Waals surface area contributed by atoms with E-state index in [0.717, 1.165) is 33.4 Å². The Morgan fingerprint density at radius 2 is 0.959 bits per heavy atom. The lowest BCUT2D eigenvalue weighted by molar-refractivity contribution is -0.138. The van der Waals surface area contributed by atoms with Crippen molar-refractivity contribution in [1.82, 2.24) is 48.6 Å². The second kappa shape index (κ2) is 12.5. The van der Waals surface area contributed by atoms with Gasteiger partial charge < -0.3 is 0 Å². The Bertz CT molecular complexity index is 2360. The average Bonchev–Trinajstić information content (AvgIpc) is 3.06. The number of aryl methyl sites for hydroxylation is 2. The minimum Gasteiger partial charge on any atom is -0.267 e. The average molecular weight is 689 g/mol. The van der Waals surface area contributed by atoms with Crippen LogP contribution in [0.15, 0.2) is 67.7 Å². The Balaban J connectivity index is 0.000000191. The molecule has 14 nitrogen and oxygen atoms in total. The molecule has 20 heteroatoms. The third kappa shape index (κ3) is 6.69. The predicted molar refractivity (Wildman–Crippen MR) is 159 cm³/mol. The Morgan fingerprint density at radius 3 is 1.37 bits per heavy atom. The number of nitrogens with zero attached hydrogens (tertiary/aromatic N) is 10. The van der Waals surface area contributed by atoms with Crippen LogP contribution in [0.3, 0.4) is 0 Å². The summed E-state index contributed by atoms with van der Waals surface area (Å²) in [4.78, 5) is 63.3. The fourth-order valence-electron chi connectivity index (χ4n) is 4.41. The van der Waals surface area contributed by atoms with Gasteiger partial charge in [0.15, 0.2) is 34.7 Å². The molecule has 0 saturated carbocycles. The predicted octanol–water partition coefficient (Wildman–Crippen LogP) is 2.60. The highest BCUT2D eigenvalue weighted by atomic mass is 19.4. The molecule has 254 valence electrons. The highest BCUT2D eigenvalue weighted by Crippen LogP contribution is 2.31. The summed E-state index contributed by atoms with van der Waals surface area (Å²) < 4.78 is 80.0. The number of halogens is 6. The zero-order chi connectivity index (χ0) is 36.0. The van der Waals surface area contributed by atoms with Gasteiger partial charge >= 0.3 is 23.7 Å². The Hall–Kier alpha value is -6.08. The van der Waals surface area contributed by atoms with Crippen molar-refractivity contribution in [2.75, 3.05) is 0 Å². The molecule has 2 aromatic rings. The van der Waals surface area contributed by atoms with Crippen LogP contribution < -0.4 is 22.5 Å². The molecular formula is C29H22F6N10O4. The van der Waals surface area contributed by atoms with Crippen LogP contribution in [0.5, 0.6) is 0 Å². The maximum atomic E-state index is 12.7. The molecule has 0 spiro atoms. The lowest BCUT2D eigenvalue weighted by Crippen LogP contribution is -2.37. The van der Waals surface area contributed by atoms with Crippen molar-refractivity contribution in [1.29, 1.82) is 0 Å². The Morgan fingerprint density at radius 1 is 0.571 bits per heavy atom. The van der Waals surface area contributed by atoms with E-state index in [1.807, 2.05) is 0 Å². The van der Waals surface area contributed by atoms with E-state index in [4.69, 9.17) is 0 Å². The van der Waals surface area contributed by atoms with Crippen molar-refractivity contribution in [2.24, 2.45) is 21.1 Å². The highest BCUT2D eigenvalue weighted by molar-refractivity contribution is 5.61. The first-order valence-corrected chi connectivity index (χ1v) is 13.9. The number of hydrogen-bond donors (Lipinski definition) is 0. The number of rotatable bonds is 3. The van der Waals surface area contributed by atoms with Crippen molar-refractivity contribution in [3.05, 3.63) is 101 Å². The van der Waals surface area contributed by atoms with Crippen LogP contribution in [0.4, 0.5) is 26.3 Å². The van der Waals surface area contributed by atoms with Gasteiger partial charge in [-0.15, -0.1) is 0 Å². The molecular weight excluding hydrogens is 666 g/mol. The van der Waals surface area contributed by atoms with Gasteiger partial charge in [-0.25, -0.2) is 28.9 Å². The standard InChI is InChI=1S/C15H12F3N5O2.C14H10F3N5O2/c1-3-23-12-10(13(24)22(2)14(25)20-12)19-11(21-23)8-4-6-9(7-5-8)15(16,17)18;1-21-12(23)9-11(19-13(21)24)22(2)20-10(18-9)7-3-5-8(6-4-7)14(15,16)17/h4-7H,3H2,1-2H3;3-6H,1-2H3. The quantitative estimate of drug-likeness (QED) is 0.253. The van der Waals surface area contributed by atoms with E-state index < -0.39 is 46.0 Å². The van der Waals surface area contributed by atoms with Crippen LogP contribution in [0.1, 0.15) is 18.1 Å². The zero-order valence-electron chi connectivity index (χ0n) is 25.7. The third-order valence-electron chi connectivity index (χ3n) is 7.10. The van der Waals surface area contributed by atoms with Gasteiger partial charge in [0, 0.05) is 38.8 Å². The summed E-state index contributed by atoms with van der Waals surface area (Å²) in [5, 5.41) is 8.22. The van der Waals surface area contributed by atoms with Crippen LogP contribution in [0.2, 0.25) is 0 Å². The first-order chi connectivity index (χ1) is 22.9. The second-order valence-electron chi connectivity index (χ2n) is 10.3. The molecule has 49 heavy (non-hydrogen) atoms. The molecule has 0 aromatic heterocycles. The summed E-state index contributed by atoms with van der Waals surface area (Å²) in [6, 6.07) is 8.51. The van der Waals surface area contributed by atoms with E-state index in [-0.39, 0.29) is 34.7 Å². The van der Waals surface area contributed by atoms with Gasteiger partial charge in [-0.2, -0.15) is 46.5 Å². The Labute approximate surface area is 269 Å². The van der Waals surface area contributed by atoms with Gasteiger partial charge in [0.2, 0.25) is 0 Å². The van der Waals surface area contributed by atoms with Crippen molar-refractivity contribution >= 4 is 0 Å². The lowest BCUT2D eigenvalue weighted by atomic mass is 10.1. The molecule has 0 bridgehead atoms. The fraction of sp³-hybridized carbons (Fsp3) is 0.241. The molecule has 0 N–H and O–H groups in total. The van der Waals surface area contributed by atoms with Crippen LogP contribution in [-0.4, -0.2) is 48.6 Å². The minimum atomic E-state index is -4.45. The van der Waals surface area contributed by atoms with Crippen molar-refractivity contribution in [3.63, 3.8) is 0 Å². The zero-order valence-corrected chi connectivity index (χ0v) is 25.7. The van der Waals surface area contributed by atoms with Crippen LogP contribution in [-0.2, 0) is 40.0 Å². The summed E-state index contributed by atoms with van der Waals surface area (Å²) in [6.45, 7) is 2.03. The van der Waals surface area contributed by atoms with Gasteiger partial charge in [0.05, 0.1) is 11.1 Å². The first-order valence-electron chi connectivity index (χ1n) is 13.9. The largest absolute Gasteiger partial charge is 0.416 e. The highest BCUT2D eigenvalue weighted by Gasteiger charge is 2.31. The maximum absolute atomic E-state index is 12.7. The number of aromatic nitrogens is 10. The first kappa shape index (κ1) is 34.3. The molecule has 4 heterocycles. The van der Waals surface area contributed by atoms with Crippen molar-refractivity contribution in [3.8, 4) is 45.8 Å². The summed E-state index contributed by atoms with van der Waals surface area (Å²) in [5.41, 5.74) is -3.93. The van der Waals surface area contributed by atoms with Crippen molar-refractivity contribution in [2.45, 2.75) is 25.8 Å². The molecule has 2 aromatic carbocycles. The smallest absolute Gasteiger partial charge is 0.267 e.